The molecule has 3 rings (SSSR count). The summed E-state index contributed by atoms with van der Waals surface area (Å²) in [5.41, 5.74) is 5.04. The van der Waals surface area contributed by atoms with E-state index >= 15 is 0 Å². The Balaban J connectivity index is 2.03. The van der Waals surface area contributed by atoms with Gasteiger partial charge in [-0.25, -0.2) is 4.39 Å². The Morgan fingerprint density at radius 2 is 1.88 bits per heavy atom. The lowest BCUT2D eigenvalue weighted by molar-refractivity contribution is 0.622. The number of rotatable bonds is 1. The summed E-state index contributed by atoms with van der Waals surface area (Å²) >= 11 is 0. The zero-order chi connectivity index (χ0) is 11.8. The van der Waals surface area contributed by atoms with Gasteiger partial charge in [0, 0.05) is 6.54 Å². The van der Waals surface area contributed by atoms with E-state index in [1.807, 2.05) is 12.1 Å². The van der Waals surface area contributed by atoms with Crippen LogP contribution in [0.1, 0.15) is 28.3 Å². The molecular weight excluding hydrogens is 213 g/mol. The van der Waals surface area contributed by atoms with E-state index in [2.05, 4.69) is 30.4 Å². The maximum absolute atomic E-state index is 12.9. The highest BCUT2D eigenvalue weighted by atomic mass is 19.1. The molecule has 1 heterocycles. The molecule has 0 amide bonds. The number of benzene rings is 2. The molecule has 1 aliphatic rings. The van der Waals surface area contributed by atoms with Crippen molar-refractivity contribution in [2.45, 2.75) is 19.5 Å². The third kappa shape index (κ3) is 1.85. The molecule has 0 spiro atoms. The first-order valence-corrected chi connectivity index (χ1v) is 5.82. The van der Waals surface area contributed by atoms with Crippen LogP contribution in [0.2, 0.25) is 0 Å². The topological polar surface area (TPSA) is 12.0 Å². The van der Waals surface area contributed by atoms with Crippen molar-refractivity contribution in [2.75, 3.05) is 0 Å². The van der Waals surface area contributed by atoms with Gasteiger partial charge in [-0.3, -0.25) is 0 Å². The Labute approximate surface area is 100 Å². The highest BCUT2D eigenvalue weighted by molar-refractivity contribution is 5.42. The zero-order valence-corrected chi connectivity index (χ0v) is 9.70. The van der Waals surface area contributed by atoms with Crippen LogP contribution in [-0.2, 0) is 6.54 Å². The second kappa shape index (κ2) is 3.97. The summed E-state index contributed by atoms with van der Waals surface area (Å²) < 4.78 is 12.9. The summed E-state index contributed by atoms with van der Waals surface area (Å²) in [6.45, 7) is 2.98. The largest absolute Gasteiger partial charge is 0.302 e. The lowest BCUT2D eigenvalue weighted by Crippen LogP contribution is -2.13. The lowest BCUT2D eigenvalue weighted by atomic mass is 9.97. The molecule has 0 saturated carbocycles. The van der Waals surface area contributed by atoms with E-state index in [1.54, 1.807) is 0 Å². The number of nitrogens with one attached hydrogen (secondary N) is 1. The van der Waals surface area contributed by atoms with E-state index in [4.69, 9.17) is 0 Å². The number of hydrogen-bond acceptors (Lipinski definition) is 1. The molecule has 2 aromatic carbocycles. The molecule has 86 valence electrons. The van der Waals surface area contributed by atoms with Crippen molar-refractivity contribution in [3.63, 3.8) is 0 Å². The van der Waals surface area contributed by atoms with E-state index in [-0.39, 0.29) is 11.9 Å². The fraction of sp³-hybridized carbons (Fsp3) is 0.200. The van der Waals surface area contributed by atoms with Crippen LogP contribution in [0, 0.1) is 12.7 Å². The number of hydrogen-bond donors (Lipinski definition) is 1. The van der Waals surface area contributed by atoms with Crippen LogP contribution >= 0.6 is 0 Å². The number of aryl methyl sites for hydroxylation is 1. The van der Waals surface area contributed by atoms with Gasteiger partial charge in [0.1, 0.15) is 5.82 Å². The van der Waals surface area contributed by atoms with Crippen LogP contribution in [0.5, 0.6) is 0 Å². The first-order chi connectivity index (χ1) is 8.24. The van der Waals surface area contributed by atoms with E-state index < -0.39 is 0 Å². The van der Waals surface area contributed by atoms with Crippen molar-refractivity contribution in [1.82, 2.24) is 5.32 Å². The van der Waals surface area contributed by atoms with Crippen molar-refractivity contribution in [3.05, 3.63) is 70.5 Å². The molecule has 1 unspecified atom stereocenters. The predicted molar refractivity (Wildman–Crippen MR) is 66.3 cm³/mol. The van der Waals surface area contributed by atoms with Gasteiger partial charge in [-0.15, -0.1) is 0 Å². The second-order valence-corrected chi connectivity index (χ2v) is 4.57. The molecule has 1 nitrogen and oxygen atoms in total. The first kappa shape index (κ1) is 10.5. The van der Waals surface area contributed by atoms with Crippen molar-refractivity contribution in [3.8, 4) is 0 Å². The lowest BCUT2D eigenvalue weighted by Gasteiger charge is -2.13. The molecule has 1 aliphatic heterocycles. The molecule has 1 atom stereocenters. The minimum atomic E-state index is -0.184. The molecule has 2 heteroatoms. The summed E-state index contributed by atoms with van der Waals surface area (Å²) in [5.74, 6) is -0.184. The first-order valence-electron chi connectivity index (χ1n) is 5.82. The smallest absolute Gasteiger partial charge is 0.123 e. The van der Waals surface area contributed by atoms with Crippen LogP contribution < -0.4 is 5.32 Å². The summed E-state index contributed by atoms with van der Waals surface area (Å²) in [5, 5.41) is 3.46. The van der Waals surface area contributed by atoms with Gasteiger partial charge in [0.25, 0.3) is 0 Å². The summed E-state index contributed by atoms with van der Waals surface area (Å²) in [4.78, 5) is 0. The maximum atomic E-state index is 12.9. The fourth-order valence-electron chi connectivity index (χ4n) is 2.42. The van der Waals surface area contributed by atoms with Crippen molar-refractivity contribution in [1.29, 1.82) is 0 Å². The van der Waals surface area contributed by atoms with Gasteiger partial charge in [0.2, 0.25) is 0 Å². The Hall–Kier alpha value is -1.67. The van der Waals surface area contributed by atoms with Crippen LogP contribution in [0.15, 0.2) is 42.5 Å². The molecule has 0 aromatic heterocycles. The van der Waals surface area contributed by atoms with E-state index in [0.717, 1.165) is 12.1 Å². The van der Waals surface area contributed by atoms with Gasteiger partial charge in [-0.2, -0.15) is 0 Å². The molecule has 0 bridgehead atoms. The third-order valence-corrected chi connectivity index (χ3v) is 3.31. The van der Waals surface area contributed by atoms with Gasteiger partial charge >= 0.3 is 0 Å². The highest BCUT2D eigenvalue weighted by Crippen LogP contribution is 2.31. The highest BCUT2D eigenvalue weighted by Gasteiger charge is 2.22. The minimum Gasteiger partial charge on any atom is -0.302 e. The third-order valence-electron chi connectivity index (χ3n) is 3.31. The quantitative estimate of drug-likeness (QED) is 0.788. The van der Waals surface area contributed by atoms with Gasteiger partial charge in [-0.05, 0) is 35.7 Å². The SMILES string of the molecule is Cc1ccc2c(c1)C(c1ccc(F)cc1)NC2. The normalized spacial score (nSPS) is 18.1. The predicted octanol–water partition coefficient (Wildman–Crippen LogP) is 3.33. The van der Waals surface area contributed by atoms with Crippen molar-refractivity contribution >= 4 is 0 Å². The number of fused-ring (bicyclic) bond motifs is 1. The average Bonchev–Trinajstić information content (AvgIpc) is 2.73. The molecule has 0 saturated heterocycles. The molecular formula is C15H14FN. The van der Waals surface area contributed by atoms with Crippen LogP contribution in [0.25, 0.3) is 0 Å². The van der Waals surface area contributed by atoms with Crippen molar-refractivity contribution in [2.24, 2.45) is 0 Å². The average molecular weight is 227 g/mol. The van der Waals surface area contributed by atoms with Crippen LogP contribution in [0.4, 0.5) is 4.39 Å². The van der Waals surface area contributed by atoms with Crippen molar-refractivity contribution < 1.29 is 4.39 Å². The molecule has 0 radical (unpaired) electrons. The second-order valence-electron chi connectivity index (χ2n) is 4.57. The fourth-order valence-corrected chi connectivity index (χ4v) is 2.42. The van der Waals surface area contributed by atoms with Crippen LogP contribution in [-0.4, -0.2) is 0 Å². The summed E-state index contributed by atoms with van der Waals surface area (Å²) in [7, 11) is 0. The number of halogens is 1. The van der Waals surface area contributed by atoms with E-state index in [1.165, 1.54) is 28.8 Å². The standard InChI is InChI=1S/C15H14FN/c1-10-2-3-12-9-17-15(14(12)8-10)11-4-6-13(16)7-5-11/h2-8,15,17H,9H2,1H3. The van der Waals surface area contributed by atoms with Gasteiger partial charge in [0.15, 0.2) is 0 Å². The van der Waals surface area contributed by atoms with Gasteiger partial charge < -0.3 is 5.32 Å². The zero-order valence-electron chi connectivity index (χ0n) is 9.70. The summed E-state index contributed by atoms with van der Waals surface area (Å²) in [6, 6.07) is 13.5. The molecule has 2 aromatic rings. The molecule has 0 fully saturated rings. The van der Waals surface area contributed by atoms with Gasteiger partial charge in [-0.1, -0.05) is 35.9 Å². The Morgan fingerprint density at radius 1 is 1.12 bits per heavy atom. The molecule has 0 aliphatic carbocycles. The monoisotopic (exact) mass is 227 g/mol. The van der Waals surface area contributed by atoms with Crippen LogP contribution in [0.3, 0.4) is 0 Å². The molecule has 17 heavy (non-hydrogen) atoms. The molecule has 1 N–H and O–H groups in total. The van der Waals surface area contributed by atoms with Gasteiger partial charge in [0.05, 0.1) is 6.04 Å². The maximum Gasteiger partial charge on any atom is 0.123 e. The summed E-state index contributed by atoms with van der Waals surface area (Å²) in [6.07, 6.45) is 0. The van der Waals surface area contributed by atoms with E-state index in [0.29, 0.717) is 0 Å². The Bertz CT molecular complexity index is 545. The minimum absolute atomic E-state index is 0.184. The Kier molecular flexibility index (Phi) is 2.45. The van der Waals surface area contributed by atoms with E-state index in [9.17, 15) is 4.39 Å². The Morgan fingerprint density at radius 3 is 2.65 bits per heavy atom.